The molecule has 6 atom stereocenters. The van der Waals surface area contributed by atoms with Gasteiger partial charge in [0.05, 0.1) is 62.9 Å². The third kappa shape index (κ3) is 8.28. The normalized spacial score (nSPS) is 24.1. The molecule has 4 aromatic carbocycles. The van der Waals surface area contributed by atoms with E-state index in [1.165, 1.54) is 0 Å². The van der Waals surface area contributed by atoms with E-state index in [2.05, 4.69) is 5.32 Å². The average Bonchev–Trinajstić information content (AvgIpc) is 3.70. The Morgan fingerprint density at radius 3 is 2.35 bits per heavy atom. The Balaban J connectivity index is 1.08. The highest BCUT2D eigenvalue weighted by atomic mass is 28.4. The van der Waals surface area contributed by atoms with Gasteiger partial charge in [-0.3, -0.25) is 19.3 Å². The summed E-state index contributed by atoms with van der Waals surface area (Å²) in [6.07, 6.45) is 1.63. The van der Waals surface area contributed by atoms with Gasteiger partial charge in [0.25, 0.3) is 5.91 Å². The molecule has 1 spiro atoms. The van der Waals surface area contributed by atoms with Crippen molar-refractivity contribution in [3.63, 3.8) is 0 Å². The van der Waals surface area contributed by atoms with Crippen molar-refractivity contribution in [1.82, 2.24) is 10.2 Å². The Bertz CT molecular complexity index is 2340. The van der Waals surface area contributed by atoms with Crippen LogP contribution in [0.3, 0.4) is 0 Å². The molecule has 4 aliphatic rings. The molecule has 1 unspecified atom stereocenters. The summed E-state index contributed by atoms with van der Waals surface area (Å²) in [6.45, 7) is 9.17. The summed E-state index contributed by atoms with van der Waals surface area (Å²) >= 11 is 0. The first-order chi connectivity index (χ1) is 30.3. The molecule has 334 valence electrons. The lowest BCUT2D eigenvalue weighted by Gasteiger charge is -2.37. The topological polar surface area (TPSA) is 161 Å². The smallest absolute Gasteiger partial charge is 0.264 e. The van der Waals surface area contributed by atoms with Crippen LogP contribution in [0.25, 0.3) is 0 Å². The third-order valence-corrected chi connectivity index (χ3v) is 16.0. The summed E-state index contributed by atoms with van der Waals surface area (Å²) < 4.78 is 18.5. The number of aliphatic hydroxyl groups excluding tert-OH is 2. The maximum atomic E-state index is 15.3. The van der Waals surface area contributed by atoms with Gasteiger partial charge in [-0.05, 0) is 123 Å². The van der Waals surface area contributed by atoms with E-state index in [0.717, 1.165) is 40.1 Å². The number of benzene rings is 4. The molecule has 4 aromatic rings. The van der Waals surface area contributed by atoms with Gasteiger partial charge < -0.3 is 44.3 Å². The van der Waals surface area contributed by atoms with Crippen molar-refractivity contribution < 1.29 is 43.6 Å². The first kappa shape index (κ1) is 44.5. The van der Waals surface area contributed by atoms with Crippen LogP contribution in [0.4, 0.5) is 17.1 Å². The predicted octanol–water partition coefficient (Wildman–Crippen LogP) is 5.73. The van der Waals surface area contributed by atoms with Crippen LogP contribution < -0.4 is 24.6 Å². The number of methoxy groups -OCH3 is 1. The van der Waals surface area contributed by atoms with Gasteiger partial charge >= 0.3 is 0 Å². The fraction of sp³-hybridized carbons (Fsp3) is 0.449. The van der Waals surface area contributed by atoms with Gasteiger partial charge in [-0.15, -0.1) is 0 Å². The molecule has 1 saturated heterocycles. The van der Waals surface area contributed by atoms with Gasteiger partial charge in [0.15, 0.2) is 13.9 Å². The molecule has 4 heterocycles. The van der Waals surface area contributed by atoms with E-state index < -0.39 is 43.6 Å². The molecule has 8 rings (SSSR count). The number of unbranched alkanes of at least 4 members (excludes halogenated alkanes) is 1. The number of anilines is 3. The monoisotopic (exact) mass is 876 g/mol. The van der Waals surface area contributed by atoms with E-state index in [0.29, 0.717) is 61.6 Å². The zero-order chi connectivity index (χ0) is 44.6. The Morgan fingerprint density at radius 2 is 1.65 bits per heavy atom. The van der Waals surface area contributed by atoms with Gasteiger partial charge in [-0.25, -0.2) is 0 Å². The second kappa shape index (κ2) is 18.2. The Morgan fingerprint density at radius 1 is 0.921 bits per heavy atom. The molecule has 0 aliphatic carbocycles. The van der Waals surface area contributed by atoms with E-state index in [9.17, 15) is 24.6 Å². The molecular formula is C49H60N4O9Si. The van der Waals surface area contributed by atoms with Crippen LogP contribution in [0.1, 0.15) is 60.9 Å². The second-order valence-electron chi connectivity index (χ2n) is 17.9. The zero-order valence-electron chi connectivity index (χ0n) is 36.9. The molecular weight excluding hydrogens is 817 g/mol. The van der Waals surface area contributed by atoms with Gasteiger partial charge in [-0.2, -0.15) is 0 Å². The summed E-state index contributed by atoms with van der Waals surface area (Å²) in [5.41, 5.74) is 4.74. The fourth-order valence-electron chi connectivity index (χ4n) is 10.5. The van der Waals surface area contributed by atoms with Gasteiger partial charge in [0.1, 0.15) is 11.5 Å². The van der Waals surface area contributed by atoms with Crippen LogP contribution in [0.5, 0.6) is 11.5 Å². The maximum Gasteiger partial charge on any atom is 0.264 e. The highest BCUT2D eigenvalue weighted by Gasteiger charge is 2.66. The van der Waals surface area contributed by atoms with Crippen LogP contribution in [0.15, 0.2) is 84.9 Å². The van der Waals surface area contributed by atoms with Crippen LogP contribution >= 0.6 is 0 Å². The van der Waals surface area contributed by atoms with Gasteiger partial charge in [0.2, 0.25) is 11.8 Å². The number of nitrogens with one attached hydrogen (secondary N) is 1. The van der Waals surface area contributed by atoms with Crippen molar-refractivity contribution in [2.45, 2.75) is 101 Å². The standard InChI is InChI=1S/C49H60N4O9Si/c1-6-61-39-18-19-42-35(24-39)25-41(50-21-9-10-22-54)47(57)53(42)36-15-13-32(14-16-36)28-52-43-20-17-38(60-3)26-40(43)49(48(52)58)31(2)46(63(4,5)59)44(62-49)27-45(56)51-29-34-12-8-7-11-33(34)23-37(51)30-55/h7-8,11-20,24,26,31,37,41,44,46,50,54-55,59H,6,9-10,21-23,25,27-30H2,1-5H3/t31-,37+,41?,44+,46-,49+/m1/s1. The highest BCUT2D eigenvalue weighted by molar-refractivity contribution is 6.71. The molecule has 13 nitrogen and oxygen atoms in total. The summed E-state index contributed by atoms with van der Waals surface area (Å²) in [6, 6.07) is 26.1. The number of ether oxygens (including phenoxy) is 3. The molecule has 0 bridgehead atoms. The van der Waals surface area contributed by atoms with E-state index in [1.54, 1.807) is 21.8 Å². The minimum Gasteiger partial charge on any atom is -0.497 e. The van der Waals surface area contributed by atoms with E-state index in [-0.39, 0.29) is 43.9 Å². The summed E-state index contributed by atoms with van der Waals surface area (Å²) in [4.78, 5) is 60.8. The van der Waals surface area contributed by atoms with Gasteiger partial charge in [0, 0.05) is 35.9 Å². The summed E-state index contributed by atoms with van der Waals surface area (Å²) in [5.74, 6) is 0.248. The molecule has 4 aliphatic heterocycles. The first-order valence-electron chi connectivity index (χ1n) is 22.2. The molecule has 0 radical (unpaired) electrons. The molecule has 0 aromatic heterocycles. The predicted molar refractivity (Wildman–Crippen MR) is 243 cm³/mol. The first-order valence-corrected chi connectivity index (χ1v) is 25.3. The van der Waals surface area contributed by atoms with Gasteiger partial charge in [-0.1, -0.05) is 43.3 Å². The number of carbonyl (C=O) groups is 3. The van der Waals surface area contributed by atoms with E-state index >= 15 is 4.79 Å². The molecule has 14 heteroatoms. The number of hydrogen-bond acceptors (Lipinski definition) is 10. The van der Waals surface area contributed by atoms with Crippen molar-refractivity contribution in [3.8, 4) is 11.5 Å². The molecule has 4 N–H and O–H groups in total. The molecule has 0 saturated carbocycles. The third-order valence-electron chi connectivity index (χ3n) is 13.5. The fourth-order valence-corrected chi connectivity index (χ4v) is 13.1. The maximum absolute atomic E-state index is 15.3. The SMILES string of the molecule is CCOc1ccc2c(c1)CC(NCCCCO)C(=O)N2c1ccc(CN2C(=O)[C@@]3(O[C@@H](CC(=O)N4Cc5ccccc5C[C@H]4CO)[C@H]([Si](C)(C)O)[C@H]3C)c3cc(OC)ccc32)cc1. The minimum atomic E-state index is -3.09. The Hall–Kier alpha value is -5.09. The summed E-state index contributed by atoms with van der Waals surface area (Å²) in [5, 5.41) is 23.1. The van der Waals surface area contributed by atoms with Crippen LogP contribution in [-0.2, 0) is 50.7 Å². The summed E-state index contributed by atoms with van der Waals surface area (Å²) in [7, 11) is -1.52. The lowest BCUT2D eigenvalue weighted by Crippen LogP contribution is -2.49. The lowest BCUT2D eigenvalue weighted by molar-refractivity contribution is -0.151. The lowest BCUT2D eigenvalue weighted by atomic mass is 9.82. The Kier molecular flexibility index (Phi) is 12.8. The Labute approximate surface area is 370 Å². The van der Waals surface area contributed by atoms with Crippen molar-refractivity contribution in [1.29, 1.82) is 0 Å². The average molecular weight is 877 g/mol. The minimum absolute atomic E-state index is 0.0508. The number of hydrogen-bond donors (Lipinski definition) is 4. The quantitative estimate of drug-likeness (QED) is 0.0859. The molecule has 63 heavy (non-hydrogen) atoms. The van der Waals surface area contributed by atoms with Crippen LogP contribution in [-0.4, -0.2) is 97.6 Å². The van der Waals surface area contributed by atoms with E-state index in [4.69, 9.17) is 14.2 Å². The molecule has 1 fully saturated rings. The van der Waals surface area contributed by atoms with Crippen molar-refractivity contribution in [2.24, 2.45) is 5.92 Å². The van der Waals surface area contributed by atoms with Crippen molar-refractivity contribution in [3.05, 3.63) is 113 Å². The number of nitrogens with zero attached hydrogens (tertiary/aromatic N) is 3. The number of fused-ring (bicyclic) bond motifs is 4. The van der Waals surface area contributed by atoms with Crippen molar-refractivity contribution in [2.75, 3.05) is 43.3 Å². The number of amides is 3. The van der Waals surface area contributed by atoms with Crippen LogP contribution in [0, 0.1) is 5.92 Å². The largest absolute Gasteiger partial charge is 0.497 e. The highest BCUT2D eigenvalue weighted by Crippen LogP contribution is 2.60. The number of carbonyl (C=O) groups excluding carboxylic acids is 3. The van der Waals surface area contributed by atoms with E-state index in [1.807, 2.05) is 112 Å². The number of rotatable bonds is 15. The van der Waals surface area contributed by atoms with Crippen molar-refractivity contribution >= 4 is 43.1 Å². The molecule has 3 amide bonds. The zero-order valence-corrected chi connectivity index (χ0v) is 37.9. The van der Waals surface area contributed by atoms with Crippen LogP contribution in [0.2, 0.25) is 18.6 Å². The number of aliphatic hydroxyl groups is 2. The second-order valence-corrected chi connectivity index (χ2v) is 21.8.